The largest absolute Gasteiger partial charge is 0.294 e. The van der Waals surface area contributed by atoms with Crippen LogP contribution in [0.25, 0.3) is 0 Å². The van der Waals surface area contributed by atoms with Crippen molar-refractivity contribution in [3.05, 3.63) is 35.4 Å². The molecular formula is C13H16F2O. The molecule has 0 unspecified atom stereocenters. The number of hydrogen-bond acceptors (Lipinski definition) is 1. The zero-order valence-electron chi connectivity index (χ0n) is 9.43. The molecule has 0 N–H and O–H groups in total. The molecule has 0 atom stereocenters. The molecule has 0 aliphatic carbocycles. The highest BCUT2D eigenvalue weighted by Gasteiger charge is 2.09. The van der Waals surface area contributed by atoms with E-state index in [1.165, 1.54) is 6.07 Å². The molecule has 1 aromatic rings. The summed E-state index contributed by atoms with van der Waals surface area (Å²) in [5.74, 6) is -1.99. The van der Waals surface area contributed by atoms with Gasteiger partial charge in [0.25, 0.3) is 0 Å². The SMILES string of the molecule is CCCCCCC(=O)c1ccc(F)c(F)c1. The van der Waals surface area contributed by atoms with Crippen molar-refractivity contribution in [1.82, 2.24) is 0 Å². The second-order valence-electron chi connectivity index (χ2n) is 3.86. The van der Waals surface area contributed by atoms with Gasteiger partial charge in [0.15, 0.2) is 17.4 Å². The Hall–Kier alpha value is -1.25. The molecule has 0 aromatic heterocycles. The van der Waals surface area contributed by atoms with Gasteiger partial charge in [-0.15, -0.1) is 0 Å². The fourth-order valence-electron chi connectivity index (χ4n) is 1.53. The average Bonchev–Trinajstić information content (AvgIpc) is 2.28. The van der Waals surface area contributed by atoms with Gasteiger partial charge in [0, 0.05) is 12.0 Å². The molecule has 0 saturated carbocycles. The maximum Gasteiger partial charge on any atom is 0.162 e. The lowest BCUT2D eigenvalue weighted by atomic mass is 10.0. The topological polar surface area (TPSA) is 17.1 Å². The molecule has 1 rings (SSSR count). The highest BCUT2D eigenvalue weighted by atomic mass is 19.2. The number of rotatable bonds is 6. The third kappa shape index (κ3) is 3.72. The number of ketones is 1. The van der Waals surface area contributed by atoms with Crippen molar-refractivity contribution in [2.75, 3.05) is 0 Å². The number of Topliss-reactive ketones (excluding diaryl/α,β-unsaturated/α-hetero) is 1. The summed E-state index contributed by atoms with van der Waals surface area (Å²) in [6.07, 6.45) is 4.44. The lowest BCUT2D eigenvalue weighted by Gasteiger charge is -2.01. The number of carbonyl (C=O) groups is 1. The van der Waals surface area contributed by atoms with Crippen molar-refractivity contribution in [3.63, 3.8) is 0 Å². The zero-order valence-corrected chi connectivity index (χ0v) is 9.43. The second-order valence-corrected chi connectivity index (χ2v) is 3.86. The third-order valence-electron chi connectivity index (χ3n) is 2.50. The van der Waals surface area contributed by atoms with E-state index in [1.807, 2.05) is 0 Å². The lowest BCUT2D eigenvalue weighted by Crippen LogP contribution is -2.00. The maximum atomic E-state index is 12.9. The van der Waals surface area contributed by atoms with Crippen LogP contribution in [-0.2, 0) is 0 Å². The molecular weight excluding hydrogens is 210 g/mol. The van der Waals surface area contributed by atoms with E-state index in [1.54, 1.807) is 0 Å². The number of carbonyl (C=O) groups excluding carboxylic acids is 1. The molecule has 1 aromatic carbocycles. The van der Waals surface area contributed by atoms with E-state index in [0.717, 1.165) is 37.8 Å². The van der Waals surface area contributed by atoms with Gasteiger partial charge in [-0.2, -0.15) is 0 Å². The first kappa shape index (κ1) is 12.8. The molecule has 0 fully saturated rings. The average molecular weight is 226 g/mol. The molecule has 0 bridgehead atoms. The first-order valence-corrected chi connectivity index (χ1v) is 5.63. The molecule has 0 heterocycles. The summed E-state index contributed by atoms with van der Waals surface area (Å²) in [4.78, 5) is 11.6. The van der Waals surface area contributed by atoms with Crippen LogP contribution >= 0.6 is 0 Å². The minimum absolute atomic E-state index is 0.116. The maximum absolute atomic E-state index is 12.9. The highest BCUT2D eigenvalue weighted by molar-refractivity contribution is 5.95. The Morgan fingerprint density at radius 2 is 1.88 bits per heavy atom. The fourth-order valence-corrected chi connectivity index (χ4v) is 1.53. The van der Waals surface area contributed by atoms with Crippen LogP contribution in [0.15, 0.2) is 18.2 Å². The van der Waals surface area contributed by atoms with E-state index in [-0.39, 0.29) is 11.3 Å². The van der Waals surface area contributed by atoms with E-state index < -0.39 is 11.6 Å². The number of hydrogen-bond donors (Lipinski definition) is 0. The van der Waals surface area contributed by atoms with Gasteiger partial charge in [-0.25, -0.2) is 8.78 Å². The third-order valence-corrected chi connectivity index (χ3v) is 2.50. The van der Waals surface area contributed by atoms with Crippen LogP contribution in [0.1, 0.15) is 49.4 Å². The van der Waals surface area contributed by atoms with Crippen LogP contribution in [-0.4, -0.2) is 5.78 Å². The van der Waals surface area contributed by atoms with Gasteiger partial charge in [0.1, 0.15) is 0 Å². The van der Waals surface area contributed by atoms with Crippen LogP contribution in [0.4, 0.5) is 8.78 Å². The summed E-state index contributed by atoms with van der Waals surface area (Å²) >= 11 is 0. The summed E-state index contributed by atoms with van der Waals surface area (Å²) in [5.41, 5.74) is 0.260. The molecule has 0 amide bonds. The van der Waals surface area contributed by atoms with Gasteiger partial charge in [-0.05, 0) is 24.6 Å². The van der Waals surface area contributed by atoms with Crippen LogP contribution < -0.4 is 0 Å². The van der Waals surface area contributed by atoms with Gasteiger partial charge in [0.2, 0.25) is 0 Å². The lowest BCUT2D eigenvalue weighted by molar-refractivity contribution is 0.0978. The second kappa shape index (κ2) is 6.36. The molecule has 0 spiro atoms. The molecule has 16 heavy (non-hydrogen) atoms. The molecule has 0 radical (unpaired) electrons. The van der Waals surface area contributed by atoms with E-state index in [4.69, 9.17) is 0 Å². The van der Waals surface area contributed by atoms with Crippen LogP contribution in [0, 0.1) is 11.6 Å². The first-order valence-electron chi connectivity index (χ1n) is 5.63. The van der Waals surface area contributed by atoms with Crippen molar-refractivity contribution < 1.29 is 13.6 Å². The van der Waals surface area contributed by atoms with Crippen molar-refractivity contribution in [2.24, 2.45) is 0 Å². The summed E-state index contributed by atoms with van der Waals surface area (Å²) in [5, 5.41) is 0. The molecule has 1 nitrogen and oxygen atoms in total. The predicted octanol–water partition coefficient (Wildman–Crippen LogP) is 4.12. The van der Waals surface area contributed by atoms with Crippen LogP contribution in [0.5, 0.6) is 0 Å². The standard InChI is InChI=1S/C13H16F2O/c1-2-3-4-5-6-13(16)10-7-8-11(14)12(15)9-10/h7-9H,2-6H2,1H3. The van der Waals surface area contributed by atoms with Crippen molar-refractivity contribution >= 4 is 5.78 Å². The summed E-state index contributed by atoms with van der Waals surface area (Å²) in [6, 6.07) is 3.30. The molecule has 88 valence electrons. The quantitative estimate of drug-likeness (QED) is 0.526. The Kier molecular flexibility index (Phi) is 5.09. The number of benzene rings is 1. The normalized spacial score (nSPS) is 10.4. The Bertz CT molecular complexity index is 361. The number of halogens is 2. The van der Waals surface area contributed by atoms with E-state index in [2.05, 4.69) is 6.92 Å². The van der Waals surface area contributed by atoms with Crippen molar-refractivity contribution in [1.29, 1.82) is 0 Å². The van der Waals surface area contributed by atoms with Gasteiger partial charge in [-0.3, -0.25) is 4.79 Å². The Balaban J connectivity index is 2.50. The molecule has 0 saturated heterocycles. The van der Waals surface area contributed by atoms with Crippen molar-refractivity contribution in [2.45, 2.75) is 39.0 Å². The minimum atomic E-state index is -0.959. The molecule has 0 aliphatic heterocycles. The van der Waals surface area contributed by atoms with Crippen LogP contribution in [0.3, 0.4) is 0 Å². The Labute approximate surface area is 94.5 Å². The van der Waals surface area contributed by atoms with Gasteiger partial charge < -0.3 is 0 Å². The highest BCUT2D eigenvalue weighted by Crippen LogP contribution is 2.12. The smallest absolute Gasteiger partial charge is 0.162 e. The Morgan fingerprint density at radius 3 is 2.50 bits per heavy atom. The predicted molar refractivity (Wildman–Crippen MR) is 59.4 cm³/mol. The summed E-state index contributed by atoms with van der Waals surface area (Å²) in [6.45, 7) is 2.09. The first-order chi connectivity index (χ1) is 7.65. The van der Waals surface area contributed by atoms with Gasteiger partial charge in [-0.1, -0.05) is 26.2 Å². The summed E-state index contributed by atoms with van der Waals surface area (Å²) in [7, 11) is 0. The minimum Gasteiger partial charge on any atom is -0.294 e. The fraction of sp³-hybridized carbons (Fsp3) is 0.462. The molecule has 0 aliphatic rings. The Morgan fingerprint density at radius 1 is 1.12 bits per heavy atom. The van der Waals surface area contributed by atoms with Gasteiger partial charge >= 0.3 is 0 Å². The van der Waals surface area contributed by atoms with Crippen LogP contribution in [0.2, 0.25) is 0 Å². The summed E-state index contributed by atoms with van der Waals surface area (Å²) < 4.78 is 25.5. The van der Waals surface area contributed by atoms with E-state index in [0.29, 0.717) is 6.42 Å². The molecule has 3 heteroatoms. The van der Waals surface area contributed by atoms with E-state index >= 15 is 0 Å². The monoisotopic (exact) mass is 226 g/mol. The van der Waals surface area contributed by atoms with Crippen molar-refractivity contribution in [3.8, 4) is 0 Å². The van der Waals surface area contributed by atoms with E-state index in [9.17, 15) is 13.6 Å². The zero-order chi connectivity index (χ0) is 12.0. The number of unbranched alkanes of at least 4 members (excludes halogenated alkanes) is 3. The van der Waals surface area contributed by atoms with Gasteiger partial charge in [0.05, 0.1) is 0 Å².